The molecule has 0 N–H and O–H groups in total. The number of benzene rings is 1. The Morgan fingerprint density at radius 2 is 1.96 bits per heavy atom. The van der Waals surface area contributed by atoms with Gasteiger partial charge in [-0.3, -0.25) is 9.59 Å². The lowest BCUT2D eigenvalue weighted by molar-refractivity contribution is -0.151. The summed E-state index contributed by atoms with van der Waals surface area (Å²) >= 11 is 0. The molecular formula is C17H21NO5. The molecule has 1 heterocycles. The minimum atomic E-state index is -0.641. The number of esters is 1. The Balaban J connectivity index is 2.09. The summed E-state index contributed by atoms with van der Waals surface area (Å²) in [4.78, 5) is 36.7. The second-order valence-electron chi connectivity index (χ2n) is 5.73. The molecule has 6 heteroatoms. The van der Waals surface area contributed by atoms with Gasteiger partial charge in [-0.2, -0.15) is 0 Å². The third-order valence-corrected chi connectivity index (χ3v) is 3.96. The van der Waals surface area contributed by atoms with Gasteiger partial charge in [0.15, 0.2) is 0 Å². The fourth-order valence-corrected chi connectivity index (χ4v) is 2.55. The Hall–Kier alpha value is -2.37. The van der Waals surface area contributed by atoms with E-state index in [1.54, 1.807) is 13.8 Å². The van der Waals surface area contributed by atoms with Crippen molar-refractivity contribution in [2.24, 2.45) is 5.92 Å². The van der Waals surface area contributed by atoms with Crippen molar-refractivity contribution in [1.82, 2.24) is 4.90 Å². The van der Waals surface area contributed by atoms with Crippen LogP contribution in [0.15, 0.2) is 30.3 Å². The molecule has 1 aliphatic heterocycles. The van der Waals surface area contributed by atoms with Crippen molar-refractivity contribution in [3.8, 4) is 0 Å². The molecule has 0 aromatic heterocycles. The van der Waals surface area contributed by atoms with Crippen molar-refractivity contribution >= 4 is 18.0 Å². The number of amides is 2. The molecule has 0 radical (unpaired) electrons. The summed E-state index contributed by atoms with van der Waals surface area (Å²) in [6.07, 6.45) is -0.712. The fraction of sp³-hybridized carbons (Fsp3) is 0.471. The zero-order valence-corrected chi connectivity index (χ0v) is 13.5. The van der Waals surface area contributed by atoms with E-state index in [2.05, 4.69) is 0 Å². The quantitative estimate of drug-likeness (QED) is 0.778. The summed E-state index contributed by atoms with van der Waals surface area (Å²) in [6.45, 7) is 4.74. The van der Waals surface area contributed by atoms with Crippen LogP contribution in [0.25, 0.3) is 0 Å². The second kappa shape index (κ2) is 7.26. The van der Waals surface area contributed by atoms with Crippen molar-refractivity contribution < 1.29 is 23.9 Å². The zero-order chi connectivity index (χ0) is 17.0. The maximum Gasteiger partial charge on any atom is 0.416 e. The van der Waals surface area contributed by atoms with E-state index in [1.165, 1.54) is 6.92 Å². The fourth-order valence-electron chi connectivity index (χ4n) is 2.55. The van der Waals surface area contributed by atoms with Gasteiger partial charge in [0.25, 0.3) is 0 Å². The summed E-state index contributed by atoms with van der Waals surface area (Å²) in [5.41, 5.74) is 1.02. The van der Waals surface area contributed by atoms with Gasteiger partial charge in [-0.15, -0.1) is 0 Å². The van der Waals surface area contributed by atoms with Gasteiger partial charge in [0.1, 0.15) is 12.7 Å². The highest BCUT2D eigenvalue weighted by Crippen LogP contribution is 2.22. The van der Waals surface area contributed by atoms with E-state index < -0.39 is 24.1 Å². The third kappa shape index (κ3) is 4.09. The smallest absolute Gasteiger partial charge is 0.416 e. The minimum Gasteiger partial charge on any atom is -0.462 e. The SMILES string of the molecule is CC(=O)O[C@H](C)[C@H](C)C(=O)N1C(=O)OC[C@@H]1Cc1ccccc1. The van der Waals surface area contributed by atoms with E-state index in [0.29, 0.717) is 6.42 Å². The summed E-state index contributed by atoms with van der Waals surface area (Å²) < 4.78 is 10.1. The molecular weight excluding hydrogens is 298 g/mol. The number of ether oxygens (including phenoxy) is 2. The molecule has 0 bridgehead atoms. The summed E-state index contributed by atoms with van der Waals surface area (Å²) in [5.74, 6) is -1.47. The maximum atomic E-state index is 12.6. The normalized spacial score (nSPS) is 19.9. The molecule has 0 unspecified atom stereocenters. The van der Waals surface area contributed by atoms with Crippen LogP contribution < -0.4 is 0 Å². The molecule has 6 nitrogen and oxygen atoms in total. The van der Waals surface area contributed by atoms with Crippen LogP contribution >= 0.6 is 0 Å². The zero-order valence-electron chi connectivity index (χ0n) is 13.5. The van der Waals surface area contributed by atoms with Crippen LogP contribution in [0.1, 0.15) is 26.3 Å². The van der Waals surface area contributed by atoms with E-state index in [4.69, 9.17) is 9.47 Å². The van der Waals surface area contributed by atoms with Crippen LogP contribution in [0, 0.1) is 5.92 Å². The highest BCUT2D eigenvalue weighted by molar-refractivity contribution is 5.95. The molecule has 1 aromatic carbocycles. The van der Waals surface area contributed by atoms with Crippen LogP contribution in [0.2, 0.25) is 0 Å². The molecule has 1 fully saturated rings. The Kier molecular flexibility index (Phi) is 5.36. The maximum absolute atomic E-state index is 12.6. The van der Waals surface area contributed by atoms with Crippen molar-refractivity contribution in [3.05, 3.63) is 35.9 Å². The van der Waals surface area contributed by atoms with Crippen molar-refractivity contribution in [3.63, 3.8) is 0 Å². The highest BCUT2D eigenvalue weighted by Gasteiger charge is 2.41. The number of carbonyl (C=O) groups is 3. The van der Waals surface area contributed by atoms with Crippen molar-refractivity contribution in [1.29, 1.82) is 0 Å². The Morgan fingerprint density at radius 1 is 1.30 bits per heavy atom. The van der Waals surface area contributed by atoms with Crippen LogP contribution in [-0.4, -0.2) is 41.6 Å². The first-order valence-electron chi connectivity index (χ1n) is 7.61. The van der Waals surface area contributed by atoms with Gasteiger partial charge in [0.05, 0.1) is 12.0 Å². The van der Waals surface area contributed by atoms with Gasteiger partial charge >= 0.3 is 12.1 Å². The lowest BCUT2D eigenvalue weighted by Gasteiger charge is -2.25. The largest absolute Gasteiger partial charge is 0.462 e. The summed E-state index contributed by atoms with van der Waals surface area (Å²) in [5, 5.41) is 0. The highest BCUT2D eigenvalue weighted by atomic mass is 16.6. The van der Waals surface area contributed by atoms with Crippen LogP contribution in [-0.2, 0) is 25.5 Å². The molecule has 2 amide bonds. The Labute approximate surface area is 135 Å². The average Bonchev–Trinajstić information content (AvgIpc) is 2.86. The molecule has 0 saturated carbocycles. The van der Waals surface area contributed by atoms with Crippen LogP contribution in [0.5, 0.6) is 0 Å². The van der Waals surface area contributed by atoms with E-state index in [0.717, 1.165) is 10.5 Å². The summed E-state index contributed by atoms with van der Waals surface area (Å²) in [6, 6.07) is 9.26. The standard InChI is InChI=1S/C17H21NO5/c1-11(12(2)23-13(3)19)16(20)18-15(10-22-17(18)21)9-14-7-5-4-6-8-14/h4-8,11-12,15H,9-10H2,1-3H3/t11-,12+,15-/m0/s1. The number of nitrogens with zero attached hydrogens (tertiary/aromatic N) is 1. The number of carbonyl (C=O) groups excluding carboxylic acids is 3. The number of hydrogen-bond acceptors (Lipinski definition) is 5. The molecule has 124 valence electrons. The monoisotopic (exact) mass is 319 g/mol. The molecule has 1 aromatic rings. The number of rotatable bonds is 5. The van der Waals surface area contributed by atoms with Crippen LogP contribution in [0.4, 0.5) is 4.79 Å². The first-order chi connectivity index (χ1) is 10.9. The molecule has 0 aliphatic carbocycles. The topological polar surface area (TPSA) is 72.9 Å². The minimum absolute atomic E-state index is 0.175. The Morgan fingerprint density at radius 3 is 2.57 bits per heavy atom. The van der Waals surface area contributed by atoms with Crippen molar-refractivity contribution in [2.75, 3.05) is 6.61 Å². The predicted molar refractivity (Wildman–Crippen MR) is 82.5 cm³/mol. The summed E-state index contributed by atoms with van der Waals surface area (Å²) in [7, 11) is 0. The predicted octanol–water partition coefficient (Wildman–Crippen LogP) is 2.16. The molecule has 1 aliphatic rings. The van der Waals surface area contributed by atoms with E-state index in [1.807, 2.05) is 30.3 Å². The van der Waals surface area contributed by atoms with E-state index in [-0.39, 0.29) is 18.6 Å². The molecule has 23 heavy (non-hydrogen) atoms. The lowest BCUT2D eigenvalue weighted by atomic mass is 10.0. The molecule has 1 saturated heterocycles. The van der Waals surface area contributed by atoms with Gasteiger partial charge in [0, 0.05) is 6.92 Å². The first-order valence-corrected chi connectivity index (χ1v) is 7.61. The molecule has 0 spiro atoms. The number of cyclic esters (lactones) is 1. The van der Waals surface area contributed by atoms with Crippen LogP contribution in [0.3, 0.4) is 0 Å². The van der Waals surface area contributed by atoms with E-state index >= 15 is 0 Å². The Bertz CT molecular complexity index is 586. The second-order valence-corrected chi connectivity index (χ2v) is 5.73. The van der Waals surface area contributed by atoms with Gasteiger partial charge < -0.3 is 9.47 Å². The third-order valence-electron chi connectivity index (χ3n) is 3.96. The van der Waals surface area contributed by atoms with Gasteiger partial charge in [-0.25, -0.2) is 9.69 Å². The average molecular weight is 319 g/mol. The lowest BCUT2D eigenvalue weighted by Crippen LogP contribution is -2.45. The molecule has 2 rings (SSSR count). The van der Waals surface area contributed by atoms with Crippen molar-refractivity contribution in [2.45, 2.75) is 39.3 Å². The van der Waals surface area contributed by atoms with Gasteiger partial charge in [0.2, 0.25) is 5.91 Å². The first kappa shape index (κ1) is 17.0. The number of hydrogen-bond donors (Lipinski definition) is 0. The van der Waals surface area contributed by atoms with Gasteiger partial charge in [-0.1, -0.05) is 37.3 Å². The number of imide groups is 1. The molecule has 3 atom stereocenters. The van der Waals surface area contributed by atoms with E-state index in [9.17, 15) is 14.4 Å². The van der Waals surface area contributed by atoms with Gasteiger partial charge in [-0.05, 0) is 18.9 Å².